The second kappa shape index (κ2) is 4.41. The molecule has 3 aromatic heterocycles. The molecule has 0 aliphatic rings. The van der Waals surface area contributed by atoms with Crippen molar-refractivity contribution in [1.29, 1.82) is 0 Å². The predicted octanol–water partition coefficient (Wildman–Crippen LogP) is 0.634. The van der Waals surface area contributed by atoms with E-state index < -0.39 is 17.1 Å². The van der Waals surface area contributed by atoms with Gasteiger partial charge in [-0.2, -0.15) is 0 Å². The molecular weight excluding hydrogens is 265 g/mol. The van der Waals surface area contributed by atoms with Crippen LogP contribution in [-0.2, 0) is 6.54 Å². The van der Waals surface area contributed by atoms with Crippen LogP contribution in [0.15, 0.2) is 27.9 Å². The Labute approximate surface area is 111 Å². The molecule has 20 heavy (non-hydrogen) atoms. The Morgan fingerprint density at radius 2 is 2.10 bits per heavy atom. The molecule has 102 valence electrons. The van der Waals surface area contributed by atoms with E-state index in [1.807, 2.05) is 0 Å². The van der Waals surface area contributed by atoms with Crippen LogP contribution in [0.5, 0.6) is 0 Å². The lowest BCUT2D eigenvalue weighted by Gasteiger charge is -1.99. The Hall–Kier alpha value is -2.77. The summed E-state index contributed by atoms with van der Waals surface area (Å²) in [6.45, 7) is 2.14. The third kappa shape index (κ3) is 1.81. The summed E-state index contributed by atoms with van der Waals surface area (Å²) < 4.78 is 14.2. The van der Waals surface area contributed by atoms with Crippen LogP contribution in [0.4, 0.5) is 4.39 Å². The number of nitrogens with zero attached hydrogens (tertiary/aromatic N) is 3. The lowest BCUT2D eigenvalue weighted by Crippen LogP contribution is -2.29. The Bertz CT molecular complexity index is 891. The monoisotopic (exact) mass is 275 g/mol. The van der Waals surface area contributed by atoms with Crippen molar-refractivity contribution < 1.29 is 4.39 Å². The number of pyridine rings is 1. The molecule has 0 atom stereocenters. The fourth-order valence-electron chi connectivity index (χ4n) is 1.97. The number of aromatic nitrogens is 5. The second-order valence-electron chi connectivity index (χ2n) is 4.15. The first-order valence-corrected chi connectivity index (χ1v) is 5.95. The molecule has 3 heterocycles. The zero-order valence-electron chi connectivity index (χ0n) is 10.5. The molecule has 0 radical (unpaired) electrons. The molecule has 7 nitrogen and oxygen atoms in total. The first kappa shape index (κ1) is 12.3. The summed E-state index contributed by atoms with van der Waals surface area (Å²) in [4.78, 5) is 36.5. The van der Waals surface area contributed by atoms with E-state index in [4.69, 9.17) is 0 Å². The number of fused-ring (bicyclic) bond motifs is 1. The number of hydrogen-bond acceptors (Lipinski definition) is 4. The highest BCUT2D eigenvalue weighted by Crippen LogP contribution is 2.15. The second-order valence-corrected chi connectivity index (χ2v) is 4.15. The van der Waals surface area contributed by atoms with Crippen molar-refractivity contribution in [2.24, 2.45) is 0 Å². The van der Waals surface area contributed by atoms with Gasteiger partial charge in [-0.15, -0.1) is 0 Å². The average Bonchev–Trinajstić information content (AvgIpc) is 2.85. The zero-order valence-corrected chi connectivity index (χ0v) is 10.5. The topological polar surface area (TPSA) is 96.4 Å². The lowest BCUT2D eigenvalue weighted by molar-refractivity contribution is 0.621. The van der Waals surface area contributed by atoms with Crippen molar-refractivity contribution in [2.75, 3.05) is 0 Å². The van der Waals surface area contributed by atoms with Gasteiger partial charge in [0.2, 0.25) is 0 Å². The fourth-order valence-corrected chi connectivity index (χ4v) is 1.97. The SMILES string of the molecule is CCn1c(=O)[nH]c(=O)c2[nH]c(-c3ccc(F)cn3)nc21. The maximum absolute atomic E-state index is 12.8. The number of imidazole rings is 1. The van der Waals surface area contributed by atoms with Crippen LogP contribution in [0.2, 0.25) is 0 Å². The van der Waals surface area contributed by atoms with E-state index in [-0.39, 0.29) is 11.2 Å². The van der Waals surface area contributed by atoms with Gasteiger partial charge in [0, 0.05) is 6.54 Å². The highest BCUT2D eigenvalue weighted by atomic mass is 19.1. The van der Waals surface area contributed by atoms with Gasteiger partial charge in [0.25, 0.3) is 5.56 Å². The summed E-state index contributed by atoms with van der Waals surface area (Å²) >= 11 is 0. The fraction of sp³-hybridized carbons (Fsp3) is 0.167. The summed E-state index contributed by atoms with van der Waals surface area (Å²) in [5.41, 5.74) is -0.238. The van der Waals surface area contributed by atoms with Gasteiger partial charge in [0.15, 0.2) is 11.5 Å². The molecule has 2 N–H and O–H groups in total. The van der Waals surface area contributed by atoms with Gasteiger partial charge in [-0.25, -0.2) is 19.2 Å². The van der Waals surface area contributed by atoms with Crippen LogP contribution >= 0.6 is 0 Å². The van der Waals surface area contributed by atoms with E-state index in [2.05, 4.69) is 19.9 Å². The normalized spacial score (nSPS) is 11.1. The van der Waals surface area contributed by atoms with Crippen LogP contribution in [0.25, 0.3) is 22.7 Å². The van der Waals surface area contributed by atoms with Crippen molar-refractivity contribution in [3.05, 3.63) is 45.0 Å². The molecule has 0 spiro atoms. The van der Waals surface area contributed by atoms with E-state index in [0.29, 0.717) is 18.1 Å². The quantitative estimate of drug-likeness (QED) is 0.717. The van der Waals surface area contributed by atoms with Gasteiger partial charge < -0.3 is 4.98 Å². The molecule has 8 heteroatoms. The minimum atomic E-state index is -0.546. The molecule has 0 saturated heterocycles. The molecule has 3 aromatic rings. The van der Waals surface area contributed by atoms with Crippen molar-refractivity contribution in [2.45, 2.75) is 13.5 Å². The van der Waals surface area contributed by atoms with Gasteiger partial charge in [-0.1, -0.05) is 0 Å². The number of rotatable bonds is 2. The van der Waals surface area contributed by atoms with Gasteiger partial charge in [-0.05, 0) is 19.1 Å². The Morgan fingerprint density at radius 3 is 2.75 bits per heavy atom. The predicted molar refractivity (Wildman–Crippen MR) is 69.8 cm³/mol. The number of H-pyrrole nitrogens is 2. The van der Waals surface area contributed by atoms with Crippen molar-refractivity contribution in [3.8, 4) is 11.5 Å². The van der Waals surface area contributed by atoms with Crippen LogP contribution < -0.4 is 11.2 Å². The van der Waals surface area contributed by atoms with Gasteiger partial charge in [0.05, 0.1) is 6.20 Å². The van der Waals surface area contributed by atoms with Crippen molar-refractivity contribution in [1.82, 2.24) is 24.5 Å². The molecule has 3 rings (SSSR count). The first-order valence-electron chi connectivity index (χ1n) is 5.95. The maximum Gasteiger partial charge on any atom is 0.330 e. The summed E-state index contributed by atoms with van der Waals surface area (Å²) in [7, 11) is 0. The molecular formula is C12H10FN5O2. The highest BCUT2D eigenvalue weighted by molar-refractivity contribution is 5.74. The van der Waals surface area contributed by atoms with E-state index >= 15 is 0 Å². The highest BCUT2D eigenvalue weighted by Gasteiger charge is 2.13. The molecule has 0 unspecified atom stereocenters. The van der Waals surface area contributed by atoms with E-state index in [0.717, 1.165) is 6.20 Å². The Kier molecular flexibility index (Phi) is 2.70. The van der Waals surface area contributed by atoms with Crippen molar-refractivity contribution >= 4 is 11.2 Å². The summed E-state index contributed by atoms with van der Waals surface area (Å²) in [5.74, 6) is -0.161. The number of hydrogen-bond donors (Lipinski definition) is 2. The first-order chi connectivity index (χ1) is 9.60. The van der Waals surface area contributed by atoms with Gasteiger partial charge >= 0.3 is 5.69 Å². The Morgan fingerprint density at radius 1 is 1.30 bits per heavy atom. The standard InChI is InChI=1S/C12H10FN5O2/c1-2-18-10-8(11(19)17-12(18)20)15-9(16-10)7-4-3-6(13)5-14-7/h3-5H,2H2,1H3,(H,15,16)(H,17,19,20). The summed E-state index contributed by atoms with van der Waals surface area (Å²) in [6.07, 6.45) is 1.06. The van der Waals surface area contributed by atoms with Crippen LogP contribution in [-0.4, -0.2) is 24.5 Å². The third-order valence-electron chi connectivity index (χ3n) is 2.92. The maximum atomic E-state index is 12.8. The van der Waals surface area contributed by atoms with Gasteiger partial charge in [-0.3, -0.25) is 14.3 Å². The number of aromatic amines is 2. The molecule has 0 aliphatic heterocycles. The largest absolute Gasteiger partial charge is 0.331 e. The average molecular weight is 275 g/mol. The van der Waals surface area contributed by atoms with Gasteiger partial charge in [0.1, 0.15) is 17.0 Å². The number of halogens is 1. The molecule has 0 saturated carbocycles. The van der Waals surface area contributed by atoms with Crippen LogP contribution in [0.3, 0.4) is 0 Å². The number of nitrogens with one attached hydrogen (secondary N) is 2. The van der Waals surface area contributed by atoms with E-state index in [1.54, 1.807) is 6.92 Å². The molecule has 0 aromatic carbocycles. The number of aryl methyl sites for hydroxylation is 1. The van der Waals surface area contributed by atoms with E-state index in [9.17, 15) is 14.0 Å². The van der Waals surface area contributed by atoms with E-state index in [1.165, 1.54) is 16.7 Å². The smallest absolute Gasteiger partial charge is 0.330 e. The summed E-state index contributed by atoms with van der Waals surface area (Å²) in [6, 6.07) is 2.68. The van der Waals surface area contributed by atoms with Crippen LogP contribution in [0, 0.1) is 5.82 Å². The molecule has 0 aliphatic carbocycles. The Balaban J connectivity index is 2.30. The molecule has 0 fully saturated rings. The molecule has 0 amide bonds. The third-order valence-corrected chi connectivity index (χ3v) is 2.92. The lowest BCUT2D eigenvalue weighted by atomic mass is 10.3. The van der Waals surface area contributed by atoms with Crippen molar-refractivity contribution in [3.63, 3.8) is 0 Å². The van der Waals surface area contributed by atoms with Crippen LogP contribution in [0.1, 0.15) is 6.92 Å². The summed E-state index contributed by atoms with van der Waals surface area (Å²) in [5, 5.41) is 0. The minimum absolute atomic E-state index is 0.188. The zero-order chi connectivity index (χ0) is 14.3. The molecule has 0 bridgehead atoms. The minimum Gasteiger partial charge on any atom is -0.331 e.